The van der Waals surface area contributed by atoms with E-state index in [0.29, 0.717) is 16.2 Å². The van der Waals surface area contributed by atoms with Crippen molar-refractivity contribution in [2.75, 3.05) is 19.0 Å². The number of carboxylic acid groups (broad SMARTS) is 1. The molecule has 1 amide bonds. The highest BCUT2D eigenvalue weighted by atomic mass is 16.7. The lowest BCUT2D eigenvalue weighted by Gasteiger charge is -2.12. The molecule has 8 nitrogen and oxygen atoms in total. The first-order valence-corrected chi connectivity index (χ1v) is 6.94. The lowest BCUT2D eigenvalue weighted by molar-refractivity contribution is -0.120. The number of carbonyl (C=O) groups is 2. The summed E-state index contributed by atoms with van der Waals surface area (Å²) >= 11 is 0. The lowest BCUT2D eigenvalue weighted by Crippen LogP contribution is -2.32. The third kappa shape index (κ3) is 4.13. The zero-order valence-corrected chi connectivity index (χ0v) is 13.1. The Hall–Kier alpha value is -3.29. The van der Waals surface area contributed by atoms with Crippen LogP contribution in [0.15, 0.2) is 41.3 Å². The quantitative estimate of drug-likeness (QED) is 0.815. The average Bonchev–Trinajstić information content (AvgIpc) is 2.54. The smallest absolute Gasteiger partial charge is 0.337 e. The van der Waals surface area contributed by atoms with Crippen LogP contribution in [0.25, 0.3) is 0 Å². The third-order valence-corrected chi connectivity index (χ3v) is 3.09. The molecule has 0 aliphatic rings. The van der Waals surface area contributed by atoms with Gasteiger partial charge in [-0.3, -0.25) is 9.59 Å². The van der Waals surface area contributed by atoms with Gasteiger partial charge in [-0.15, -0.1) is 0 Å². The Kier molecular flexibility index (Phi) is 5.20. The monoisotopic (exact) mass is 332 g/mol. The molecule has 0 saturated carbocycles. The highest BCUT2D eigenvalue weighted by Gasteiger charge is 2.10. The molecule has 8 heteroatoms. The summed E-state index contributed by atoms with van der Waals surface area (Å²) in [4.78, 5) is 39.5. The summed E-state index contributed by atoms with van der Waals surface area (Å²) in [6, 6.07) is 7.48. The Balaban J connectivity index is 2.07. The van der Waals surface area contributed by atoms with Crippen LogP contribution in [0.1, 0.15) is 15.9 Å². The topological polar surface area (TPSA) is 107 Å². The Bertz CT molecular complexity index is 828. The van der Waals surface area contributed by atoms with Crippen LogP contribution in [-0.2, 0) is 4.79 Å². The first-order valence-electron chi connectivity index (χ1n) is 6.94. The van der Waals surface area contributed by atoms with Crippen LogP contribution in [0.4, 0.5) is 5.69 Å². The van der Waals surface area contributed by atoms with E-state index in [-0.39, 0.29) is 5.56 Å². The number of nitrogens with one attached hydrogen (secondary N) is 1. The Morgan fingerprint density at radius 1 is 1.25 bits per heavy atom. The summed E-state index contributed by atoms with van der Waals surface area (Å²) in [5.74, 6) is -1.24. The predicted molar refractivity (Wildman–Crippen MR) is 85.5 cm³/mol. The number of hydrogen-bond donors (Lipinski definition) is 2. The highest BCUT2D eigenvalue weighted by Crippen LogP contribution is 2.24. The molecule has 0 aliphatic carbocycles. The number of aromatic carboxylic acids is 1. The molecule has 2 N–H and O–H groups in total. The van der Waals surface area contributed by atoms with Crippen LogP contribution in [0.3, 0.4) is 0 Å². The summed E-state index contributed by atoms with van der Waals surface area (Å²) in [6.45, 7) is 1.39. The van der Waals surface area contributed by atoms with Crippen LogP contribution >= 0.6 is 0 Å². The van der Waals surface area contributed by atoms with Crippen LogP contribution < -0.4 is 20.5 Å². The molecule has 2 rings (SSSR count). The second-order valence-electron chi connectivity index (χ2n) is 4.91. The van der Waals surface area contributed by atoms with Gasteiger partial charge in [0.05, 0.1) is 24.6 Å². The number of nitrogens with zero attached hydrogens (tertiary/aromatic N) is 1. The first-order chi connectivity index (χ1) is 11.4. The van der Waals surface area contributed by atoms with Crippen molar-refractivity contribution in [1.82, 2.24) is 4.73 Å². The van der Waals surface area contributed by atoms with E-state index in [1.165, 1.54) is 7.11 Å². The minimum Gasteiger partial charge on any atom is -0.495 e. The number of rotatable bonds is 6. The number of ether oxygens (including phenoxy) is 1. The number of methoxy groups -OCH3 is 1. The predicted octanol–water partition coefficient (Wildman–Crippen LogP) is 0.931. The molecule has 0 atom stereocenters. The summed E-state index contributed by atoms with van der Waals surface area (Å²) in [7, 11) is 1.48. The van der Waals surface area contributed by atoms with E-state index in [1.54, 1.807) is 12.1 Å². The molecule has 1 heterocycles. The Labute approximate surface area is 137 Å². The van der Waals surface area contributed by atoms with Gasteiger partial charge in [-0.2, -0.15) is 4.73 Å². The van der Waals surface area contributed by atoms with Crippen LogP contribution in [0.2, 0.25) is 0 Å². The number of carboxylic acids is 1. The number of anilines is 1. The fraction of sp³-hybridized carbons (Fsp3) is 0.188. The number of carbonyl (C=O) groups excluding carboxylic acids is 1. The van der Waals surface area contributed by atoms with E-state index in [4.69, 9.17) is 14.7 Å². The second kappa shape index (κ2) is 7.32. The largest absolute Gasteiger partial charge is 0.495 e. The van der Waals surface area contributed by atoms with Gasteiger partial charge >= 0.3 is 5.97 Å². The van der Waals surface area contributed by atoms with Gasteiger partial charge in [0, 0.05) is 6.07 Å². The molecule has 0 radical (unpaired) electrons. The molecule has 0 aliphatic heterocycles. The standard InChI is InChI=1S/C16H16N2O6/c1-10-3-5-13(23-2)12(7-10)17-14(19)9-24-18-8-11(16(21)22)4-6-15(18)20/h3-8H,9H2,1-2H3,(H,17,19)(H,21,22). The van der Waals surface area contributed by atoms with Gasteiger partial charge < -0.3 is 20.0 Å². The molecule has 2 aromatic rings. The van der Waals surface area contributed by atoms with Gasteiger partial charge in [0.15, 0.2) is 6.61 Å². The fourth-order valence-electron chi connectivity index (χ4n) is 1.93. The van der Waals surface area contributed by atoms with Crippen LogP contribution in [0, 0.1) is 6.92 Å². The molecule has 0 unspecified atom stereocenters. The summed E-state index contributed by atoms with van der Waals surface area (Å²) in [6.07, 6.45) is 1.01. The molecule has 126 valence electrons. The number of pyridine rings is 1. The second-order valence-corrected chi connectivity index (χ2v) is 4.91. The van der Waals surface area contributed by atoms with Gasteiger partial charge in [0.1, 0.15) is 5.75 Å². The van der Waals surface area contributed by atoms with Crippen molar-refractivity contribution in [3.8, 4) is 5.75 Å². The SMILES string of the molecule is COc1ccc(C)cc1NC(=O)COn1cc(C(=O)O)ccc1=O. The molecule has 24 heavy (non-hydrogen) atoms. The van der Waals surface area contributed by atoms with E-state index < -0.39 is 24.0 Å². The molecule has 0 spiro atoms. The molecular weight excluding hydrogens is 316 g/mol. The zero-order chi connectivity index (χ0) is 17.7. The van der Waals surface area contributed by atoms with Gasteiger partial charge in [0.2, 0.25) is 0 Å². The van der Waals surface area contributed by atoms with Crippen molar-refractivity contribution < 1.29 is 24.3 Å². The highest BCUT2D eigenvalue weighted by molar-refractivity contribution is 5.93. The van der Waals surface area contributed by atoms with Gasteiger partial charge in [-0.1, -0.05) is 6.07 Å². The van der Waals surface area contributed by atoms with Crippen molar-refractivity contribution in [1.29, 1.82) is 0 Å². The molecule has 0 saturated heterocycles. The van der Waals surface area contributed by atoms with E-state index in [9.17, 15) is 14.4 Å². The van der Waals surface area contributed by atoms with Crippen molar-refractivity contribution in [2.24, 2.45) is 0 Å². The minimum absolute atomic E-state index is 0.129. The van der Waals surface area contributed by atoms with Crippen molar-refractivity contribution in [3.63, 3.8) is 0 Å². The number of amides is 1. The van der Waals surface area contributed by atoms with Crippen LogP contribution in [-0.4, -0.2) is 35.4 Å². The number of benzene rings is 1. The van der Waals surface area contributed by atoms with Crippen molar-refractivity contribution in [3.05, 3.63) is 58.0 Å². The number of aromatic nitrogens is 1. The van der Waals surface area contributed by atoms with Gasteiger partial charge in [-0.05, 0) is 30.7 Å². The van der Waals surface area contributed by atoms with Crippen molar-refractivity contribution >= 4 is 17.6 Å². The van der Waals surface area contributed by atoms with Crippen LogP contribution in [0.5, 0.6) is 5.75 Å². The van der Waals surface area contributed by atoms with Crippen molar-refractivity contribution in [2.45, 2.75) is 6.92 Å². The zero-order valence-electron chi connectivity index (χ0n) is 13.1. The minimum atomic E-state index is -1.21. The summed E-state index contributed by atoms with van der Waals surface area (Å²) in [5, 5.41) is 11.5. The fourth-order valence-corrected chi connectivity index (χ4v) is 1.93. The maximum Gasteiger partial charge on any atom is 0.337 e. The average molecular weight is 332 g/mol. The van der Waals surface area contributed by atoms with E-state index in [0.717, 1.165) is 23.9 Å². The van der Waals surface area contributed by atoms with E-state index >= 15 is 0 Å². The maximum atomic E-state index is 12.0. The Morgan fingerprint density at radius 2 is 2.00 bits per heavy atom. The molecule has 0 bridgehead atoms. The molecule has 1 aromatic heterocycles. The number of hydrogen-bond acceptors (Lipinski definition) is 5. The Morgan fingerprint density at radius 3 is 2.67 bits per heavy atom. The molecular formula is C16H16N2O6. The van der Waals surface area contributed by atoms with E-state index in [1.807, 2.05) is 13.0 Å². The lowest BCUT2D eigenvalue weighted by atomic mass is 10.2. The summed E-state index contributed by atoms with van der Waals surface area (Å²) < 4.78 is 5.85. The number of aryl methyl sites for hydroxylation is 1. The maximum absolute atomic E-state index is 12.0. The van der Waals surface area contributed by atoms with Gasteiger partial charge in [0.25, 0.3) is 11.5 Å². The third-order valence-electron chi connectivity index (χ3n) is 3.09. The van der Waals surface area contributed by atoms with Gasteiger partial charge in [-0.25, -0.2) is 4.79 Å². The normalized spacial score (nSPS) is 10.1. The first kappa shape index (κ1) is 17.1. The van der Waals surface area contributed by atoms with E-state index in [2.05, 4.69) is 5.32 Å². The summed E-state index contributed by atoms with van der Waals surface area (Å²) in [5.41, 5.74) is 0.687. The molecule has 1 aromatic carbocycles. The molecule has 0 fully saturated rings.